The van der Waals surface area contributed by atoms with Gasteiger partial charge in [0.15, 0.2) is 5.78 Å². The number of rotatable bonds is 4. The van der Waals surface area contributed by atoms with E-state index in [-0.39, 0.29) is 11.8 Å². The molecule has 0 fully saturated rings. The number of nitrogens with one attached hydrogen (secondary N) is 1. The van der Waals surface area contributed by atoms with Gasteiger partial charge in [0.1, 0.15) is 5.69 Å². The van der Waals surface area contributed by atoms with Gasteiger partial charge >= 0.3 is 6.03 Å². The van der Waals surface area contributed by atoms with Crippen LogP contribution in [0.1, 0.15) is 46.1 Å². The van der Waals surface area contributed by atoms with Gasteiger partial charge < -0.3 is 10.2 Å². The summed E-state index contributed by atoms with van der Waals surface area (Å²) in [5.74, 6) is 0.0229. The second-order valence-corrected chi connectivity index (χ2v) is 8.09. The number of Topliss-reactive ketones (excluding diaryl/α,β-unsaturated/α-hetero) is 1. The summed E-state index contributed by atoms with van der Waals surface area (Å²) in [6.45, 7) is 7.22. The molecule has 0 bridgehead atoms. The molecule has 1 aromatic heterocycles. The van der Waals surface area contributed by atoms with Crippen LogP contribution in [0.15, 0.2) is 42.5 Å². The van der Waals surface area contributed by atoms with Gasteiger partial charge in [-0.2, -0.15) is 10.4 Å². The smallest absolute Gasteiger partial charge is 0.317 e. The normalized spacial score (nSPS) is 12.8. The Morgan fingerprint density at radius 1 is 1.09 bits per heavy atom. The maximum absolute atomic E-state index is 12.9. The third-order valence-corrected chi connectivity index (χ3v) is 5.63. The molecule has 0 aliphatic carbocycles. The highest BCUT2D eigenvalue weighted by Crippen LogP contribution is 2.31. The first-order chi connectivity index (χ1) is 15.4. The summed E-state index contributed by atoms with van der Waals surface area (Å²) in [5, 5.41) is 16.6. The van der Waals surface area contributed by atoms with Gasteiger partial charge in [0.2, 0.25) is 0 Å². The minimum atomic E-state index is -0.245. The van der Waals surface area contributed by atoms with Crippen LogP contribution in [0, 0.1) is 25.2 Å². The van der Waals surface area contributed by atoms with E-state index in [0.717, 1.165) is 22.4 Å². The zero-order valence-corrected chi connectivity index (χ0v) is 18.5. The van der Waals surface area contributed by atoms with Crippen molar-refractivity contribution in [2.75, 3.05) is 11.9 Å². The Morgan fingerprint density at radius 2 is 1.78 bits per heavy atom. The first-order valence-electron chi connectivity index (χ1n) is 10.7. The maximum Gasteiger partial charge on any atom is 0.322 e. The molecule has 2 heterocycles. The lowest BCUT2D eigenvalue weighted by Gasteiger charge is -2.28. The molecule has 2 aromatic carbocycles. The molecule has 1 aliphatic rings. The van der Waals surface area contributed by atoms with Crippen LogP contribution >= 0.6 is 0 Å². The number of carbonyl (C=O) groups excluding carboxylic acids is 2. The lowest BCUT2D eigenvalue weighted by molar-refractivity contribution is 0.0985. The number of aromatic nitrogens is 2. The van der Waals surface area contributed by atoms with Gasteiger partial charge in [-0.05, 0) is 50.2 Å². The molecular formula is C25H25N5O2. The maximum atomic E-state index is 12.9. The summed E-state index contributed by atoms with van der Waals surface area (Å²) in [7, 11) is 0. The number of benzene rings is 2. The number of anilines is 1. The topological polar surface area (TPSA) is 91.0 Å². The van der Waals surface area contributed by atoms with E-state index in [1.807, 2.05) is 37.6 Å². The molecule has 162 valence electrons. The van der Waals surface area contributed by atoms with Crippen LogP contribution in [-0.2, 0) is 13.1 Å². The van der Waals surface area contributed by atoms with Crippen molar-refractivity contribution in [1.82, 2.24) is 14.7 Å². The van der Waals surface area contributed by atoms with Crippen molar-refractivity contribution in [1.29, 1.82) is 5.26 Å². The summed E-state index contributed by atoms with van der Waals surface area (Å²) in [4.78, 5) is 27.5. The lowest BCUT2D eigenvalue weighted by Crippen LogP contribution is -2.41. The van der Waals surface area contributed by atoms with E-state index < -0.39 is 0 Å². The summed E-state index contributed by atoms with van der Waals surface area (Å²) < 4.78 is 1.86. The van der Waals surface area contributed by atoms with Crippen LogP contribution in [0.5, 0.6) is 0 Å². The Bertz CT molecular complexity index is 1210. The lowest BCUT2D eigenvalue weighted by atomic mass is 9.98. The van der Waals surface area contributed by atoms with Gasteiger partial charge in [0.05, 0.1) is 36.0 Å². The molecule has 4 rings (SSSR count). The van der Waals surface area contributed by atoms with Crippen LogP contribution in [0.25, 0.3) is 11.3 Å². The van der Waals surface area contributed by atoms with Gasteiger partial charge in [-0.3, -0.25) is 9.48 Å². The molecule has 1 N–H and O–H groups in total. The van der Waals surface area contributed by atoms with Crippen molar-refractivity contribution in [3.05, 3.63) is 70.4 Å². The van der Waals surface area contributed by atoms with E-state index >= 15 is 0 Å². The predicted octanol–water partition coefficient (Wildman–Crippen LogP) is 4.68. The third kappa shape index (κ3) is 4.12. The molecule has 0 atom stereocenters. The van der Waals surface area contributed by atoms with E-state index in [1.54, 1.807) is 29.2 Å². The molecule has 7 heteroatoms. The van der Waals surface area contributed by atoms with Crippen LogP contribution < -0.4 is 5.32 Å². The van der Waals surface area contributed by atoms with Crippen LogP contribution in [0.2, 0.25) is 0 Å². The number of carbonyl (C=O) groups is 2. The Kier molecular flexibility index (Phi) is 5.78. The molecule has 3 aromatic rings. The van der Waals surface area contributed by atoms with Gasteiger partial charge in [-0.25, -0.2) is 4.79 Å². The number of nitriles is 1. The van der Waals surface area contributed by atoms with Crippen LogP contribution in [0.4, 0.5) is 10.5 Å². The number of fused-ring (bicyclic) bond motifs is 1. The van der Waals surface area contributed by atoms with Gasteiger partial charge in [-0.15, -0.1) is 0 Å². The summed E-state index contributed by atoms with van der Waals surface area (Å²) in [5.41, 5.74) is 6.37. The summed E-state index contributed by atoms with van der Waals surface area (Å²) >= 11 is 0. The summed E-state index contributed by atoms with van der Waals surface area (Å²) in [6, 6.07) is 14.7. The van der Waals surface area contributed by atoms with Crippen molar-refractivity contribution in [2.45, 2.75) is 40.3 Å². The second-order valence-electron chi connectivity index (χ2n) is 8.09. The first kappa shape index (κ1) is 21.3. The zero-order valence-electron chi connectivity index (χ0n) is 18.5. The third-order valence-electron chi connectivity index (χ3n) is 5.63. The molecule has 0 saturated carbocycles. The van der Waals surface area contributed by atoms with Gasteiger partial charge in [0.25, 0.3) is 0 Å². The molecule has 0 saturated heterocycles. The predicted molar refractivity (Wildman–Crippen MR) is 122 cm³/mol. The summed E-state index contributed by atoms with van der Waals surface area (Å²) in [6.07, 6.45) is 0.369. The highest BCUT2D eigenvalue weighted by atomic mass is 16.2. The number of nitrogens with zero attached hydrogens (tertiary/aromatic N) is 4. The van der Waals surface area contributed by atoms with E-state index in [4.69, 9.17) is 10.4 Å². The van der Waals surface area contributed by atoms with Crippen molar-refractivity contribution < 1.29 is 9.59 Å². The van der Waals surface area contributed by atoms with Crippen molar-refractivity contribution in [2.24, 2.45) is 0 Å². The minimum absolute atomic E-state index is 0.0229. The SMILES string of the molecule is CCC(=O)c1c(-c2cc(C)cc(C)c2)nn2c1CN(C(=O)Nc1ccc(C#N)cc1)CC2. The Labute approximate surface area is 187 Å². The fraction of sp³-hybridized carbons (Fsp3) is 0.280. The fourth-order valence-corrected chi connectivity index (χ4v) is 4.10. The number of hydrogen-bond acceptors (Lipinski definition) is 4. The number of hydrogen-bond donors (Lipinski definition) is 1. The largest absolute Gasteiger partial charge is 0.322 e. The van der Waals surface area contributed by atoms with Crippen LogP contribution in [0.3, 0.4) is 0 Å². The van der Waals surface area contributed by atoms with E-state index in [2.05, 4.69) is 17.5 Å². The van der Waals surface area contributed by atoms with Gasteiger partial charge in [0, 0.05) is 24.2 Å². The molecule has 0 radical (unpaired) electrons. The average Bonchev–Trinajstić information content (AvgIpc) is 3.17. The number of aryl methyl sites for hydroxylation is 2. The van der Waals surface area contributed by atoms with Crippen molar-refractivity contribution in [3.63, 3.8) is 0 Å². The molecule has 2 amide bonds. The number of ketones is 1. The zero-order chi connectivity index (χ0) is 22.8. The van der Waals surface area contributed by atoms with E-state index in [0.29, 0.717) is 48.6 Å². The van der Waals surface area contributed by atoms with Crippen LogP contribution in [-0.4, -0.2) is 33.0 Å². The molecular weight excluding hydrogens is 402 g/mol. The average molecular weight is 428 g/mol. The van der Waals surface area contributed by atoms with E-state index in [9.17, 15) is 9.59 Å². The van der Waals surface area contributed by atoms with Gasteiger partial charge in [-0.1, -0.05) is 24.1 Å². The van der Waals surface area contributed by atoms with E-state index in [1.165, 1.54) is 0 Å². The van der Waals surface area contributed by atoms with Crippen molar-refractivity contribution in [3.8, 4) is 17.3 Å². The Morgan fingerprint density at radius 3 is 2.41 bits per heavy atom. The number of amides is 2. The first-order valence-corrected chi connectivity index (χ1v) is 10.7. The second kappa shape index (κ2) is 8.67. The highest BCUT2D eigenvalue weighted by molar-refractivity contribution is 6.02. The monoisotopic (exact) mass is 427 g/mol. The molecule has 7 nitrogen and oxygen atoms in total. The minimum Gasteiger partial charge on any atom is -0.317 e. The molecule has 0 unspecified atom stereocenters. The highest BCUT2D eigenvalue weighted by Gasteiger charge is 2.30. The molecule has 32 heavy (non-hydrogen) atoms. The quantitative estimate of drug-likeness (QED) is 0.612. The molecule has 1 aliphatic heterocycles. The number of urea groups is 1. The van der Waals surface area contributed by atoms with Crippen molar-refractivity contribution >= 4 is 17.5 Å². The standard InChI is InChI=1S/C25H25N5O2/c1-4-22(31)23-21-15-29(25(32)27-20-7-5-18(14-26)6-8-20)9-10-30(21)28-24(23)19-12-16(2)11-17(3)13-19/h5-8,11-13H,4,9-10,15H2,1-3H3,(H,27,32). The fourth-order valence-electron chi connectivity index (χ4n) is 4.10. The Balaban J connectivity index is 1.64. The molecule has 0 spiro atoms. The Hall–Kier alpha value is -3.92.